The number of nitrogens with one attached hydrogen (secondary N) is 1. The number of nitrogens with zero attached hydrogens (tertiary/aromatic N) is 5. The van der Waals surface area contributed by atoms with Gasteiger partial charge in [0.2, 0.25) is 0 Å². The lowest BCUT2D eigenvalue weighted by Gasteiger charge is -2.20. The molecule has 192 valence electrons. The first-order chi connectivity index (χ1) is 18.0. The zero-order chi connectivity index (χ0) is 25.8. The van der Waals surface area contributed by atoms with Gasteiger partial charge in [-0.25, -0.2) is 4.79 Å². The van der Waals surface area contributed by atoms with Crippen LogP contribution in [0.15, 0.2) is 59.7 Å². The third-order valence-corrected chi connectivity index (χ3v) is 7.38. The van der Waals surface area contributed by atoms with Crippen LogP contribution in [-0.2, 0) is 13.0 Å². The minimum Gasteiger partial charge on any atom is -0.303 e. The number of hydrogen-bond donors (Lipinski definition) is 1. The monoisotopic (exact) mass is 498 g/mol. The van der Waals surface area contributed by atoms with Crippen molar-refractivity contribution in [2.45, 2.75) is 65.3 Å². The molecule has 1 aliphatic carbocycles. The van der Waals surface area contributed by atoms with Crippen molar-refractivity contribution in [1.29, 1.82) is 0 Å². The number of carbonyl (C=O) groups is 1. The van der Waals surface area contributed by atoms with Crippen molar-refractivity contribution in [2.24, 2.45) is 11.8 Å². The van der Waals surface area contributed by atoms with E-state index in [0.29, 0.717) is 24.6 Å². The molecule has 0 unspecified atom stereocenters. The van der Waals surface area contributed by atoms with Crippen LogP contribution in [0.5, 0.6) is 0 Å². The summed E-state index contributed by atoms with van der Waals surface area (Å²) >= 11 is 0. The predicted molar refractivity (Wildman–Crippen MR) is 143 cm³/mol. The van der Waals surface area contributed by atoms with E-state index in [9.17, 15) is 9.59 Å². The lowest BCUT2D eigenvalue weighted by Crippen LogP contribution is -2.20. The highest BCUT2D eigenvalue weighted by molar-refractivity contribution is 5.97. The van der Waals surface area contributed by atoms with Crippen molar-refractivity contribution in [2.75, 3.05) is 0 Å². The van der Waals surface area contributed by atoms with Gasteiger partial charge < -0.3 is 4.98 Å². The zero-order valence-electron chi connectivity index (χ0n) is 21.6. The number of tetrazole rings is 1. The third-order valence-electron chi connectivity index (χ3n) is 7.38. The number of H-pyrrole nitrogens is 1. The molecule has 0 radical (unpaired) electrons. The van der Waals surface area contributed by atoms with E-state index >= 15 is 0 Å². The van der Waals surface area contributed by atoms with E-state index in [2.05, 4.69) is 46.5 Å². The molecule has 1 aliphatic rings. The van der Waals surface area contributed by atoms with Crippen molar-refractivity contribution in [3.63, 3.8) is 0 Å². The number of Topliss-reactive ketones (excluding diaryl/α,β-unsaturated/α-hetero) is 1. The van der Waals surface area contributed by atoms with Gasteiger partial charge in [-0.1, -0.05) is 75.6 Å². The lowest BCUT2D eigenvalue weighted by atomic mass is 9.84. The lowest BCUT2D eigenvalue weighted by molar-refractivity contribution is 0.0883. The number of para-hydroxylation sites is 1. The van der Waals surface area contributed by atoms with Crippen molar-refractivity contribution >= 4 is 5.78 Å². The van der Waals surface area contributed by atoms with E-state index in [1.165, 1.54) is 6.42 Å². The number of aromatic amines is 1. The summed E-state index contributed by atoms with van der Waals surface area (Å²) in [5.74, 6) is 0.622. The topological polar surface area (TPSA) is 98.5 Å². The molecule has 0 aliphatic heterocycles. The van der Waals surface area contributed by atoms with Gasteiger partial charge in [0.15, 0.2) is 5.78 Å². The Bertz CT molecular complexity index is 1390. The van der Waals surface area contributed by atoms with Crippen molar-refractivity contribution < 1.29 is 4.79 Å². The Balaban J connectivity index is 1.43. The molecule has 0 amide bonds. The Labute approximate surface area is 216 Å². The first kappa shape index (κ1) is 24.9. The van der Waals surface area contributed by atoms with Crippen LogP contribution in [0.25, 0.3) is 16.8 Å². The molecule has 0 spiro atoms. The van der Waals surface area contributed by atoms with E-state index in [-0.39, 0.29) is 17.4 Å². The fourth-order valence-electron chi connectivity index (χ4n) is 5.29. The van der Waals surface area contributed by atoms with Crippen LogP contribution in [0, 0.1) is 11.8 Å². The van der Waals surface area contributed by atoms with Crippen LogP contribution in [0.2, 0.25) is 0 Å². The van der Waals surface area contributed by atoms with E-state index in [0.717, 1.165) is 60.2 Å². The Hall–Kier alpha value is -3.81. The number of carbonyl (C=O) groups excluding carboxylic acids is 1. The normalized spacial score (nSPS) is 14.4. The summed E-state index contributed by atoms with van der Waals surface area (Å²) in [7, 11) is 0. The maximum absolute atomic E-state index is 13.4. The second-order valence-corrected chi connectivity index (χ2v) is 10.4. The first-order valence-electron chi connectivity index (χ1n) is 13.3. The average molecular weight is 499 g/mol. The molecule has 2 heterocycles. The van der Waals surface area contributed by atoms with Gasteiger partial charge >= 0.3 is 5.69 Å². The van der Waals surface area contributed by atoms with Crippen LogP contribution in [0.1, 0.15) is 74.1 Å². The highest BCUT2D eigenvalue weighted by atomic mass is 16.2. The molecule has 2 aromatic carbocycles. The molecule has 4 aromatic rings. The number of aromatic nitrogens is 6. The van der Waals surface area contributed by atoms with Gasteiger partial charge in [-0.15, -0.1) is 5.10 Å². The molecular formula is C29H34N6O2. The van der Waals surface area contributed by atoms with E-state index in [4.69, 9.17) is 0 Å². The molecule has 0 bridgehead atoms. The number of hydrogen-bond acceptors (Lipinski definition) is 5. The fraction of sp³-hybridized carbons (Fsp3) is 0.414. The number of ketones is 1. The van der Waals surface area contributed by atoms with Crippen LogP contribution in [-0.4, -0.2) is 35.5 Å². The molecule has 1 N–H and O–H groups in total. The Kier molecular flexibility index (Phi) is 7.44. The summed E-state index contributed by atoms with van der Waals surface area (Å²) in [4.78, 5) is 29.5. The zero-order valence-corrected chi connectivity index (χ0v) is 21.6. The van der Waals surface area contributed by atoms with Gasteiger partial charge in [0.25, 0.3) is 0 Å². The van der Waals surface area contributed by atoms with Crippen molar-refractivity contribution in [1.82, 2.24) is 29.8 Å². The molecular weight excluding hydrogens is 464 g/mol. The standard InChI is InChI=1S/C29H34N6O2/c1-20(2)12-17-26-27(28(36)23-8-4-3-5-9-23)31-29(37)34(26)18-21-13-15-22(16-14-21)24-10-6-7-11-25(24)35-19-30-32-33-35/h6-7,10-11,13-16,19-20,23H,3-5,8-9,12,17-18H2,1-2H3,(H,31,37). The van der Waals surface area contributed by atoms with E-state index in [1.807, 2.05) is 36.4 Å². The van der Waals surface area contributed by atoms with Gasteiger partial charge in [-0.05, 0) is 59.2 Å². The summed E-state index contributed by atoms with van der Waals surface area (Å²) in [6.07, 6.45) is 8.43. The molecule has 2 aromatic heterocycles. The average Bonchev–Trinajstić information content (AvgIpc) is 3.57. The molecule has 0 saturated heterocycles. The van der Waals surface area contributed by atoms with Crippen LogP contribution in [0.4, 0.5) is 0 Å². The Morgan fingerprint density at radius 3 is 2.51 bits per heavy atom. The number of imidazole rings is 1. The highest BCUT2D eigenvalue weighted by Gasteiger charge is 2.28. The van der Waals surface area contributed by atoms with Crippen molar-refractivity contribution in [3.8, 4) is 16.8 Å². The van der Waals surface area contributed by atoms with Crippen LogP contribution < -0.4 is 5.69 Å². The highest BCUT2D eigenvalue weighted by Crippen LogP contribution is 2.29. The minimum absolute atomic E-state index is 0.0255. The van der Waals surface area contributed by atoms with Gasteiger partial charge in [0.05, 0.1) is 17.9 Å². The summed E-state index contributed by atoms with van der Waals surface area (Å²) in [5.41, 5.74) is 5.12. The quantitative estimate of drug-likeness (QED) is 0.319. The molecule has 1 fully saturated rings. The summed E-state index contributed by atoms with van der Waals surface area (Å²) in [6, 6.07) is 16.2. The third kappa shape index (κ3) is 5.48. The predicted octanol–water partition coefficient (Wildman–Crippen LogP) is 5.22. The first-order valence-corrected chi connectivity index (χ1v) is 13.3. The van der Waals surface area contributed by atoms with Gasteiger partial charge in [-0.3, -0.25) is 9.36 Å². The molecule has 0 atom stereocenters. The molecule has 1 saturated carbocycles. The molecule has 5 rings (SSSR count). The van der Waals surface area contributed by atoms with Crippen molar-refractivity contribution in [3.05, 3.63) is 82.3 Å². The second-order valence-electron chi connectivity index (χ2n) is 10.4. The van der Waals surface area contributed by atoms with Crippen LogP contribution >= 0.6 is 0 Å². The van der Waals surface area contributed by atoms with Gasteiger partial charge in [0.1, 0.15) is 12.0 Å². The Morgan fingerprint density at radius 1 is 1.05 bits per heavy atom. The molecule has 37 heavy (non-hydrogen) atoms. The summed E-state index contributed by atoms with van der Waals surface area (Å²) < 4.78 is 3.41. The maximum Gasteiger partial charge on any atom is 0.326 e. The smallest absolute Gasteiger partial charge is 0.303 e. The maximum atomic E-state index is 13.4. The summed E-state index contributed by atoms with van der Waals surface area (Å²) in [6.45, 7) is 4.77. The SMILES string of the molecule is CC(C)CCc1c(C(=O)C2CCCCC2)[nH]c(=O)n1Cc1ccc(-c2ccccc2-n2cnnn2)cc1. The number of rotatable bonds is 9. The number of benzene rings is 2. The van der Waals surface area contributed by atoms with E-state index < -0.39 is 0 Å². The Morgan fingerprint density at radius 2 is 1.81 bits per heavy atom. The summed E-state index contributed by atoms with van der Waals surface area (Å²) in [5, 5.41) is 11.5. The second kappa shape index (κ2) is 11.1. The minimum atomic E-state index is -0.203. The van der Waals surface area contributed by atoms with Gasteiger partial charge in [-0.2, -0.15) is 4.68 Å². The largest absolute Gasteiger partial charge is 0.326 e. The van der Waals surface area contributed by atoms with Gasteiger partial charge in [0, 0.05) is 11.5 Å². The van der Waals surface area contributed by atoms with E-state index in [1.54, 1.807) is 15.6 Å². The van der Waals surface area contributed by atoms with Crippen LogP contribution in [0.3, 0.4) is 0 Å². The molecule has 8 heteroatoms. The molecule has 8 nitrogen and oxygen atoms in total. The fourth-order valence-corrected chi connectivity index (χ4v) is 5.29.